The van der Waals surface area contributed by atoms with Crippen LogP contribution in [0.3, 0.4) is 0 Å². The summed E-state index contributed by atoms with van der Waals surface area (Å²) >= 11 is 1.78. The van der Waals surface area contributed by atoms with E-state index in [4.69, 9.17) is 19.4 Å². The maximum absolute atomic E-state index is 15.0. The normalized spacial score (nSPS) is 21.3. The quantitative estimate of drug-likeness (QED) is 0.0719. The first-order valence-electron chi connectivity index (χ1n) is 17.7. The molecule has 3 aliphatic rings. The Morgan fingerprint density at radius 3 is 1.76 bits per heavy atom. The Labute approximate surface area is 295 Å². The molecule has 3 fully saturated rings. The highest BCUT2D eigenvalue weighted by molar-refractivity contribution is 7.99. The number of carbonyl (C=O) groups is 2. The van der Waals surface area contributed by atoms with Gasteiger partial charge in [-0.3, -0.25) is 0 Å². The maximum Gasteiger partial charge on any atom is 0.348 e. The van der Waals surface area contributed by atoms with Crippen molar-refractivity contribution in [3.05, 3.63) is 144 Å². The molecule has 6 nitrogen and oxygen atoms in total. The van der Waals surface area contributed by atoms with Gasteiger partial charge in [0, 0.05) is 51.4 Å². The van der Waals surface area contributed by atoms with Crippen LogP contribution in [0.4, 0.5) is 0 Å². The zero-order valence-corrected chi connectivity index (χ0v) is 28.9. The van der Waals surface area contributed by atoms with Gasteiger partial charge in [-0.15, -0.1) is 11.8 Å². The van der Waals surface area contributed by atoms with Crippen LogP contribution in [0.1, 0.15) is 60.8 Å². The molecule has 49 heavy (non-hydrogen) atoms. The number of benzene rings is 4. The molecule has 3 aliphatic heterocycles. The van der Waals surface area contributed by atoms with Gasteiger partial charge < -0.3 is 23.9 Å². The SMILES string of the molecule is O=C(OC1CC2CCC(C1)[N+]21CCCC1)C(OC(Cc1ccccc1)SCCc1ccccc1)(c1ccccc1)c1ccccc1.O=C[O-]. The van der Waals surface area contributed by atoms with Gasteiger partial charge in [-0.05, 0) is 34.4 Å². The van der Waals surface area contributed by atoms with Crippen LogP contribution < -0.4 is 5.11 Å². The second-order valence-electron chi connectivity index (χ2n) is 13.5. The molecule has 7 rings (SSSR count). The minimum Gasteiger partial charge on any atom is -0.554 e. The van der Waals surface area contributed by atoms with Crippen molar-refractivity contribution in [2.45, 2.75) is 80.6 Å². The highest BCUT2D eigenvalue weighted by Crippen LogP contribution is 2.47. The predicted octanol–water partition coefficient (Wildman–Crippen LogP) is 6.70. The first kappa shape index (κ1) is 34.9. The topological polar surface area (TPSA) is 75.7 Å². The van der Waals surface area contributed by atoms with Crippen molar-refractivity contribution in [3.8, 4) is 0 Å². The number of aryl methyl sites for hydroxylation is 1. The van der Waals surface area contributed by atoms with Crippen molar-refractivity contribution in [1.82, 2.24) is 0 Å². The second-order valence-corrected chi connectivity index (χ2v) is 14.8. The molecule has 7 heteroatoms. The van der Waals surface area contributed by atoms with Gasteiger partial charge >= 0.3 is 5.97 Å². The number of esters is 1. The van der Waals surface area contributed by atoms with Crippen molar-refractivity contribution in [1.29, 1.82) is 0 Å². The summed E-state index contributed by atoms with van der Waals surface area (Å²) < 4.78 is 15.3. The van der Waals surface area contributed by atoms with Crippen molar-refractivity contribution in [2.24, 2.45) is 0 Å². The summed E-state index contributed by atoms with van der Waals surface area (Å²) in [5.74, 6) is 0.591. The Morgan fingerprint density at radius 2 is 1.24 bits per heavy atom. The third-order valence-electron chi connectivity index (χ3n) is 10.8. The molecule has 3 unspecified atom stereocenters. The summed E-state index contributed by atoms with van der Waals surface area (Å²) in [6.07, 6.45) is 8.64. The standard InChI is InChI=1S/C41H46NO3S.CH2O2/c43-40(44-38-30-36-23-24-37(31-38)42(36)26-13-14-27-42)41(34-19-9-3-10-20-34,35-21-11-4-12-22-35)45-39(29-33-17-7-2-8-18-33)46-28-25-32-15-5-1-6-16-32;2-1-3/h1-12,15-22,36-39H,13-14,23-31H2;1H,(H,2,3)/q+1;/p-1. The lowest BCUT2D eigenvalue weighted by atomic mass is 9.85. The number of ether oxygens (including phenoxy) is 2. The Balaban J connectivity index is 0.00000134. The minimum absolute atomic E-state index is 0.0805. The first-order chi connectivity index (χ1) is 24.1. The number of hydrogen-bond donors (Lipinski definition) is 0. The van der Waals surface area contributed by atoms with Crippen molar-refractivity contribution < 1.29 is 28.7 Å². The van der Waals surface area contributed by atoms with Gasteiger partial charge in [0.2, 0.25) is 5.60 Å². The van der Waals surface area contributed by atoms with Crippen LogP contribution in [0, 0.1) is 0 Å². The summed E-state index contributed by atoms with van der Waals surface area (Å²) in [5.41, 5.74) is 2.45. The molecule has 0 N–H and O–H groups in total. The van der Waals surface area contributed by atoms with E-state index in [-0.39, 0.29) is 17.5 Å². The molecule has 0 aromatic heterocycles. The Bertz CT molecular complexity index is 1540. The highest BCUT2D eigenvalue weighted by Gasteiger charge is 2.57. The zero-order valence-electron chi connectivity index (χ0n) is 28.1. The van der Waals surface area contributed by atoms with E-state index in [0.717, 1.165) is 36.1 Å². The largest absolute Gasteiger partial charge is 0.554 e. The van der Waals surface area contributed by atoms with Gasteiger partial charge in [0.05, 0.1) is 25.2 Å². The molecule has 3 saturated heterocycles. The second kappa shape index (κ2) is 16.7. The van der Waals surface area contributed by atoms with Gasteiger partial charge in [-0.1, -0.05) is 121 Å². The van der Waals surface area contributed by atoms with Crippen LogP contribution in [-0.4, -0.2) is 59.4 Å². The number of nitrogens with zero attached hydrogens (tertiary/aromatic N) is 1. The third kappa shape index (κ3) is 7.95. The summed E-state index contributed by atoms with van der Waals surface area (Å²) in [5, 5.41) is 8.25. The molecule has 3 atom stereocenters. The van der Waals surface area contributed by atoms with E-state index in [1.807, 2.05) is 66.7 Å². The molecule has 4 aromatic rings. The third-order valence-corrected chi connectivity index (χ3v) is 11.8. The number of piperidine rings is 1. The van der Waals surface area contributed by atoms with E-state index in [9.17, 15) is 0 Å². The molecular weight excluding hydrogens is 631 g/mol. The lowest BCUT2D eigenvalue weighted by Gasteiger charge is -2.47. The monoisotopic (exact) mass is 677 g/mol. The van der Waals surface area contributed by atoms with E-state index in [2.05, 4.69) is 54.6 Å². The molecule has 0 radical (unpaired) electrons. The summed E-state index contributed by atoms with van der Waals surface area (Å²) in [6, 6.07) is 42.4. The lowest BCUT2D eigenvalue weighted by Crippen LogP contribution is -2.60. The van der Waals surface area contributed by atoms with Crippen LogP contribution in [0.2, 0.25) is 0 Å². The molecule has 1 spiro atoms. The molecule has 256 valence electrons. The van der Waals surface area contributed by atoms with Crippen molar-refractivity contribution in [2.75, 3.05) is 18.8 Å². The Kier molecular flexibility index (Phi) is 11.9. The van der Waals surface area contributed by atoms with Crippen LogP contribution >= 0.6 is 11.8 Å². The maximum atomic E-state index is 15.0. The van der Waals surface area contributed by atoms with Gasteiger partial charge in [0.25, 0.3) is 0 Å². The molecular formula is C42H47NO5S. The number of thioether (sulfide) groups is 1. The number of carbonyl (C=O) groups excluding carboxylic acids is 2. The average Bonchev–Trinajstić information content (AvgIpc) is 3.69. The molecule has 2 bridgehead atoms. The molecule has 0 amide bonds. The summed E-state index contributed by atoms with van der Waals surface area (Å²) in [4.78, 5) is 23.3. The zero-order chi connectivity index (χ0) is 33.9. The van der Waals surface area contributed by atoms with Crippen LogP contribution in [-0.2, 0) is 37.5 Å². The van der Waals surface area contributed by atoms with E-state index < -0.39 is 12.1 Å². The molecule has 0 aliphatic carbocycles. The lowest BCUT2D eigenvalue weighted by molar-refractivity contribution is -0.956. The smallest absolute Gasteiger partial charge is 0.348 e. The summed E-state index contributed by atoms with van der Waals surface area (Å²) in [7, 11) is 0. The van der Waals surface area contributed by atoms with Gasteiger partial charge in [-0.2, -0.15) is 0 Å². The number of quaternary nitrogens is 1. The van der Waals surface area contributed by atoms with E-state index in [1.165, 1.54) is 54.4 Å². The Hall–Kier alpha value is -3.91. The van der Waals surface area contributed by atoms with Gasteiger partial charge in [0.1, 0.15) is 11.5 Å². The van der Waals surface area contributed by atoms with E-state index >= 15 is 4.79 Å². The van der Waals surface area contributed by atoms with Crippen LogP contribution in [0.25, 0.3) is 0 Å². The van der Waals surface area contributed by atoms with E-state index in [1.54, 1.807) is 11.8 Å². The molecule has 3 heterocycles. The highest BCUT2D eigenvalue weighted by atomic mass is 32.2. The fraction of sp³-hybridized carbons (Fsp3) is 0.381. The van der Waals surface area contributed by atoms with Crippen LogP contribution in [0.15, 0.2) is 121 Å². The fourth-order valence-corrected chi connectivity index (χ4v) is 9.70. The van der Waals surface area contributed by atoms with Crippen molar-refractivity contribution in [3.63, 3.8) is 0 Å². The van der Waals surface area contributed by atoms with E-state index in [0.29, 0.717) is 18.5 Å². The predicted molar refractivity (Wildman–Crippen MR) is 193 cm³/mol. The van der Waals surface area contributed by atoms with Crippen LogP contribution in [0.5, 0.6) is 0 Å². The number of rotatable bonds is 12. The number of hydrogen-bond acceptors (Lipinski definition) is 6. The molecule has 0 saturated carbocycles. The van der Waals surface area contributed by atoms with Gasteiger partial charge in [-0.25, -0.2) is 4.79 Å². The minimum atomic E-state index is -1.39. The Morgan fingerprint density at radius 1 is 0.776 bits per heavy atom. The average molecular weight is 678 g/mol. The molecule has 4 aromatic carbocycles. The number of carboxylic acid groups (broad SMARTS) is 1. The van der Waals surface area contributed by atoms with Gasteiger partial charge in [0.15, 0.2) is 0 Å². The summed E-state index contributed by atoms with van der Waals surface area (Å²) in [6.45, 7) is 2.11. The first-order valence-corrected chi connectivity index (χ1v) is 18.7. The fourth-order valence-electron chi connectivity index (χ4n) is 8.56. The van der Waals surface area contributed by atoms with Crippen molar-refractivity contribution >= 4 is 24.2 Å².